The summed E-state index contributed by atoms with van der Waals surface area (Å²) < 4.78 is 7.46. The monoisotopic (exact) mass is 428 g/mol. The SMILES string of the molecule is COc1nc(C(C)C)ccc1-c1cnc2sc(N3C[C@H]4C[C@H](O)[C@@H](N)C[C@H]4C3)nn12. The summed E-state index contributed by atoms with van der Waals surface area (Å²) in [7, 11) is 1.64. The van der Waals surface area contributed by atoms with E-state index in [1.54, 1.807) is 18.4 Å². The molecule has 5 rings (SSSR count). The fraction of sp³-hybridized carbons (Fsp3) is 0.571. The van der Waals surface area contributed by atoms with Crippen molar-refractivity contribution >= 4 is 21.4 Å². The lowest BCUT2D eigenvalue weighted by molar-refractivity contribution is 0.0664. The van der Waals surface area contributed by atoms with Crippen LogP contribution >= 0.6 is 11.3 Å². The molecule has 4 atom stereocenters. The summed E-state index contributed by atoms with van der Waals surface area (Å²) in [6.45, 7) is 6.08. The lowest BCUT2D eigenvalue weighted by Gasteiger charge is -2.32. The van der Waals surface area contributed by atoms with E-state index in [4.69, 9.17) is 15.6 Å². The summed E-state index contributed by atoms with van der Waals surface area (Å²) in [6.07, 6.45) is 3.10. The van der Waals surface area contributed by atoms with Gasteiger partial charge in [-0.1, -0.05) is 25.2 Å². The molecule has 2 fully saturated rings. The van der Waals surface area contributed by atoms with Crippen LogP contribution in [-0.2, 0) is 0 Å². The molecule has 3 aromatic rings. The first kappa shape index (κ1) is 19.7. The van der Waals surface area contributed by atoms with Crippen molar-refractivity contribution in [1.82, 2.24) is 19.6 Å². The number of hydrogen-bond acceptors (Lipinski definition) is 8. The normalized spacial score (nSPS) is 26.5. The Bertz CT molecular complexity index is 1050. The highest BCUT2D eigenvalue weighted by atomic mass is 32.1. The Morgan fingerprint density at radius 3 is 2.73 bits per heavy atom. The summed E-state index contributed by atoms with van der Waals surface area (Å²) in [5.41, 5.74) is 8.85. The first-order chi connectivity index (χ1) is 14.4. The van der Waals surface area contributed by atoms with Crippen molar-refractivity contribution in [2.45, 2.75) is 44.8 Å². The van der Waals surface area contributed by atoms with Crippen LogP contribution in [0.15, 0.2) is 18.3 Å². The van der Waals surface area contributed by atoms with Gasteiger partial charge >= 0.3 is 0 Å². The highest BCUT2D eigenvalue weighted by Crippen LogP contribution is 2.40. The Labute approximate surface area is 179 Å². The summed E-state index contributed by atoms with van der Waals surface area (Å²) in [5.74, 6) is 1.91. The van der Waals surface area contributed by atoms with Gasteiger partial charge in [-0.15, -0.1) is 5.10 Å². The number of nitrogens with zero attached hydrogens (tertiary/aromatic N) is 5. The third-order valence-electron chi connectivity index (χ3n) is 6.48. The number of anilines is 1. The predicted molar refractivity (Wildman–Crippen MR) is 117 cm³/mol. The van der Waals surface area contributed by atoms with Gasteiger partial charge in [-0.05, 0) is 42.7 Å². The first-order valence-corrected chi connectivity index (χ1v) is 11.3. The average molecular weight is 429 g/mol. The van der Waals surface area contributed by atoms with Crippen LogP contribution in [0.4, 0.5) is 5.13 Å². The van der Waals surface area contributed by atoms with Crippen LogP contribution in [0.25, 0.3) is 16.2 Å². The Hall–Kier alpha value is -2.23. The van der Waals surface area contributed by atoms with Gasteiger partial charge in [-0.2, -0.15) is 0 Å². The van der Waals surface area contributed by atoms with Crippen LogP contribution in [0.2, 0.25) is 0 Å². The molecule has 30 heavy (non-hydrogen) atoms. The maximum absolute atomic E-state index is 10.1. The number of aliphatic hydroxyl groups is 1. The number of aliphatic hydroxyl groups excluding tert-OH is 1. The minimum absolute atomic E-state index is 0.111. The molecule has 3 aromatic heterocycles. The molecule has 0 bridgehead atoms. The zero-order chi connectivity index (χ0) is 21.0. The largest absolute Gasteiger partial charge is 0.480 e. The van der Waals surface area contributed by atoms with Crippen molar-refractivity contribution in [2.75, 3.05) is 25.1 Å². The predicted octanol–water partition coefficient (Wildman–Crippen LogP) is 2.52. The van der Waals surface area contributed by atoms with Gasteiger partial charge in [0.25, 0.3) is 0 Å². The number of pyridine rings is 1. The zero-order valence-electron chi connectivity index (χ0n) is 17.5. The van der Waals surface area contributed by atoms with Crippen molar-refractivity contribution in [3.8, 4) is 17.1 Å². The van der Waals surface area contributed by atoms with E-state index in [9.17, 15) is 5.11 Å². The topological polar surface area (TPSA) is 102 Å². The number of aromatic nitrogens is 4. The van der Waals surface area contributed by atoms with Gasteiger partial charge in [-0.25, -0.2) is 14.5 Å². The molecular formula is C21H28N6O2S. The van der Waals surface area contributed by atoms with E-state index in [1.165, 1.54) is 0 Å². The maximum atomic E-state index is 10.1. The van der Waals surface area contributed by atoms with Crippen molar-refractivity contribution in [1.29, 1.82) is 0 Å². The molecule has 1 aliphatic heterocycles. The molecular weight excluding hydrogens is 400 g/mol. The number of hydrogen-bond donors (Lipinski definition) is 2. The van der Waals surface area contributed by atoms with E-state index >= 15 is 0 Å². The van der Waals surface area contributed by atoms with Gasteiger partial charge in [0, 0.05) is 24.8 Å². The zero-order valence-corrected chi connectivity index (χ0v) is 18.3. The first-order valence-electron chi connectivity index (χ1n) is 10.5. The van der Waals surface area contributed by atoms with Crippen molar-refractivity contribution < 1.29 is 9.84 Å². The smallest absolute Gasteiger partial charge is 0.222 e. The quantitative estimate of drug-likeness (QED) is 0.658. The lowest BCUT2D eigenvalue weighted by atomic mass is 9.78. The van der Waals surface area contributed by atoms with E-state index < -0.39 is 0 Å². The van der Waals surface area contributed by atoms with E-state index in [1.807, 2.05) is 22.8 Å². The molecule has 0 radical (unpaired) electrons. The molecule has 0 spiro atoms. The number of fused-ring (bicyclic) bond motifs is 2. The van der Waals surface area contributed by atoms with Crippen LogP contribution in [0.1, 0.15) is 38.3 Å². The molecule has 3 N–H and O–H groups in total. The number of rotatable bonds is 4. The van der Waals surface area contributed by atoms with Gasteiger partial charge in [0.05, 0.1) is 30.7 Å². The number of nitrogens with two attached hydrogens (primary N) is 1. The van der Waals surface area contributed by atoms with Crippen molar-refractivity contribution in [2.24, 2.45) is 17.6 Å². The molecule has 2 aliphatic rings. The maximum Gasteiger partial charge on any atom is 0.222 e. The minimum atomic E-state index is -0.389. The molecule has 9 heteroatoms. The van der Waals surface area contributed by atoms with E-state index in [2.05, 4.69) is 28.7 Å². The van der Waals surface area contributed by atoms with Crippen LogP contribution < -0.4 is 15.4 Å². The fourth-order valence-corrected chi connectivity index (χ4v) is 5.64. The van der Waals surface area contributed by atoms with E-state index in [-0.39, 0.29) is 12.1 Å². The van der Waals surface area contributed by atoms with E-state index in [0.29, 0.717) is 23.6 Å². The van der Waals surface area contributed by atoms with Gasteiger partial charge in [0.15, 0.2) is 0 Å². The number of imidazole rings is 1. The second-order valence-corrected chi connectivity index (χ2v) is 9.73. The molecule has 1 saturated carbocycles. The summed E-state index contributed by atoms with van der Waals surface area (Å²) in [5, 5.41) is 16.0. The van der Waals surface area contributed by atoms with Crippen LogP contribution in [0, 0.1) is 11.8 Å². The van der Waals surface area contributed by atoms with Crippen molar-refractivity contribution in [3.63, 3.8) is 0 Å². The molecule has 160 valence electrons. The minimum Gasteiger partial charge on any atom is -0.480 e. The molecule has 1 aliphatic carbocycles. The molecule has 1 saturated heterocycles. The van der Waals surface area contributed by atoms with E-state index in [0.717, 1.165) is 53.0 Å². The van der Waals surface area contributed by atoms with Gasteiger partial charge in [-0.3, -0.25) is 0 Å². The Balaban J connectivity index is 1.45. The molecule has 8 nitrogen and oxygen atoms in total. The second-order valence-electron chi connectivity index (χ2n) is 8.80. The average Bonchev–Trinajstić information content (AvgIpc) is 3.41. The van der Waals surface area contributed by atoms with Crippen LogP contribution in [0.3, 0.4) is 0 Å². The Morgan fingerprint density at radius 1 is 1.23 bits per heavy atom. The third-order valence-corrected chi connectivity index (χ3v) is 7.46. The summed E-state index contributed by atoms with van der Waals surface area (Å²) in [4.78, 5) is 12.4. The van der Waals surface area contributed by atoms with Crippen LogP contribution in [0.5, 0.6) is 5.88 Å². The summed E-state index contributed by atoms with van der Waals surface area (Å²) >= 11 is 1.59. The van der Waals surface area contributed by atoms with Crippen LogP contribution in [-0.4, -0.2) is 57.0 Å². The van der Waals surface area contributed by atoms with Crippen molar-refractivity contribution in [3.05, 3.63) is 24.0 Å². The van der Waals surface area contributed by atoms with Gasteiger partial charge < -0.3 is 20.5 Å². The molecule has 0 unspecified atom stereocenters. The molecule has 0 aromatic carbocycles. The van der Waals surface area contributed by atoms with Gasteiger partial charge in [0.2, 0.25) is 16.0 Å². The Kier molecular flexibility index (Phi) is 4.91. The highest BCUT2D eigenvalue weighted by molar-refractivity contribution is 7.20. The third kappa shape index (κ3) is 3.25. The standard InChI is InChI=1S/C21H28N6O2S/c1-11(2)16-5-4-14(19(24-16)29-3)17-8-23-20-27(17)25-21(30-20)26-9-12-6-15(22)18(28)7-13(12)10-26/h4-5,8,11-13,15,18,28H,6-7,9-10,22H2,1-3H3/t12-,13+,15-,18-/m0/s1. The van der Waals surface area contributed by atoms with Gasteiger partial charge in [0.1, 0.15) is 0 Å². The highest BCUT2D eigenvalue weighted by Gasteiger charge is 2.41. The molecule has 0 amide bonds. The number of ether oxygens (including phenoxy) is 1. The second kappa shape index (κ2) is 7.47. The molecule has 4 heterocycles. The summed E-state index contributed by atoms with van der Waals surface area (Å²) in [6, 6.07) is 3.96. The Morgan fingerprint density at radius 2 is 2.00 bits per heavy atom. The fourth-order valence-electron chi connectivity index (χ4n) is 4.74. The lowest BCUT2D eigenvalue weighted by Crippen LogP contribution is -2.43. The number of methoxy groups -OCH3 is 1.